The van der Waals surface area contributed by atoms with E-state index in [-0.39, 0.29) is 11.6 Å². The summed E-state index contributed by atoms with van der Waals surface area (Å²) in [6.45, 7) is 6.69. The molecular formula is C18H29NO. The molecule has 1 saturated carbocycles. The smallest absolute Gasteiger partial charge is 0.0832 e. The second-order valence-electron chi connectivity index (χ2n) is 6.63. The largest absolute Gasteiger partial charge is 0.377 e. The Bertz CT molecular complexity index is 426. The first-order chi connectivity index (χ1) is 9.48. The lowest BCUT2D eigenvalue weighted by Gasteiger charge is -2.43. The number of hydrogen-bond acceptors (Lipinski definition) is 2. The third-order valence-corrected chi connectivity index (χ3v) is 5.27. The molecule has 1 unspecified atom stereocenters. The SMILES string of the molecule is COC1(C(N)Cc2c(C)cccc2C)CCC(C)CC1. The zero-order valence-electron chi connectivity index (χ0n) is 13.4. The van der Waals surface area contributed by atoms with E-state index < -0.39 is 0 Å². The van der Waals surface area contributed by atoms with E-state index in [1.165, 1.54) is 29.5 Å². The van der Waals surface area contributed by atoms with Crippen LogP contribution in [0, 0.1) is 19.8 Å². The minimum Gasteiger partial charge on any atom is -0.377 e. The highest BCUT2D eigenvalue weighted by Crippen LogP contribution is 2.37. The Kier molecular flexibility index (Phi) is 4.87. The number of benzene rings is 1. The third kappa shape index (κ3) is 3.07. The van der Waals surface area contributed by atoms with E-state index in [0.717, 1.165) is 25.2 Å². The summed E-state index contributed by atoms with van der Waals surface area (Å²) in [4.78, 5) is 0. The van der Waals surface area contributed by atoms with Gasteiger partial charge in [0.25, 0.3) is 0 Å². The van der Waals surface area contributed by atoms with Crippen molar-refractivity contribution in [2.24, 2.45) is 11.7 Å². The van der Waals surface area contributed by atoms with E-state index in [2.05, 4.69) is 39.0 Å². The standard InChI is InChI=1S/C18H29NO/c1-13-8-10-18(20-4,11-9-13)17(19)12-16-14(2)6-5-7-15(16)3/h5-7,13,17H,8-12,19H2,1-4H3. The van der Waals surface area contributed by atoms with Gasteiger partial charge in [-0.15, -0.1) is 0 Å². The molecule has 2 rings (SSSR count). The molecule has 20 heavy (non-hydrogen) atoms. The van der Waals surface area contributed by atoms with Gasteiger partial charge in [0.2, 0.25) is 0 Å². The monoisotopic (exact) mass is 275 g/mol. The van der Waals surface area contributed by atoms with Crippen LogP contribution in [0.5, 0.6) is 0 Å². The Balaban J connectivity index is 2.15. The van der Waals surface area contributed by atoms with Crippen molar-refractivity contribution >= 4 is 0 Å². The zero-order chi connectivity index (χ0) is 14.8. The summed E-state index contributed by atoms with van der Waals surface area (Å²) in [5.41, 5.74) is 10.5. The van der Waals surface area contributed by atoms with Gasteiger partial charge in [0.1, 0.15) is 0 Å². The molecule has 1 aromatic rings. The number of hydrogen-bond donors (Lipinski definition) is 1. The van der Waals surface area contributed by atoms with E-state index in [0.29, 0.717) is 0 Å². The summed E-state index contributed by atoms with van der Waals surface area (Å²) in [6.07, 6.45) is 5.57. The topological polar surface area (TPSA) is 35.2 Å². The number of nitrogens with two attached hydrogens (primary N) is 1. The Hall–Kier alpha value is -0.860. The van der Waals surface area contributed by atoms with Gasteiger partial charge in [-0.25, -0.2) is 0 Å². The minimum absolute atomic E-state index is 0.0831. The van der Waals surface area contributed by atoms with E-state index >= 15 is 0 Å². The van der Waals surface area contributed by atoms with Gasteiger partial charge in [0.05, 0.1) is 5.60 Å². The zero-order valence-corrected chi connectivity index (χ0v) is 13.4. The second kappa shape index (κ2) is 6.28. The summed E-state index contributed by atoms with van der Waals surface area (Å²) >= 11 is 0. The normalized spacial score (nSPS) is 28.4. The van der Waals surface area contributed by atoms with Crippen LogP contribution >= 0.6 is 0 Å². The summed E-state index contributed by atoms with van der Waals surface area (Å²) in [5.74, 6) is 0.811. The van der Waals surface area contributed by atoms with Crippen LogP contribution in [0.15, 0.2) is 18.2 Å². The van der Waals surface area contributed by atoms with Crippen molar-refractivity contribution in [1.82, 2.24) is 0 Å². The predicted molar refractivity (Wildman–Crippen MR) is 85.0 cm³/mol. The Morgan fingerprint density at radius 1 is 1.25 bits per heavy atom. The van der Waals surface area contributed by atoms with Crippen LogP contribution in [0.25, 0.3) is 0 Å². The summed E-state index contributed by atoms with van der Waals surface area (Å²) in [7, 11) is 1.83. The highest BCUT2D eigenvalue weighted by atomic mass is 16.5. The van der Waals surface area contributed by atoms with Crippen molar-refractivity contribution in [2.45, 2.75) is 64.5 Å². The van der Waals surface area contributed by atoms with Gasteiger partial charge < -0.3 is 10.5 Å². The van der Waals surface area contributed by atoms with E-state index in [1.54, 1.807) is 0 Å². The number of methoxy groups -OCH3 is 1. The van der Waals surface area contributed by atoms with E-state index in [4.69, 9.17) is 10.5 Å². The van der Waals surface area contributed by atoms with Crippen molar-refractivity contribution in [3.8, 4) is 0 Å². The summed E-state index contributed by atoms with van der Waals surface area (Å²) in [5, 5.41) is 0. The number of ether oxygens (including phenoxy) is 1. The molecule has 1 fully saturated rings. The molecule has 0 saturated heterocycles. The van der Waals surface area contributed by atoms with E-state index in [9.17, 15) is 0 Å². The molecule has 0 amide bonds. The lowest BCUT2D eigenvalue weighted by atomic mass is 9.73. The molecule has 1 aromatic carbocycles. The molecule has 2 N–H and O–H groups in total. The van der Waals surface area contributed by atoms with Gasteiger partial charge in [-0.05, 0) is 68.6 Å². The molecule has 0 aliphatic heterocycles. The van der Waals surface area contributed by atoms with Crippen LogP contribution in [0.1, 0.15) is 49.3 Å². The Labute approximate surface area is 123 Å². The van der Waals surface area contributed by atoms with E-state index in [1.807, 2.05) is 7.11 Å². The highest BCUT2D eigenvalue weighted by molar-refractivity contribution is 5.34. The highest BCUT2D eigenvalue weighted by Gasteiger charge is 2.39. The molecule has 1 aliphatic carbocycles. The fourth-order valence-electron chi connectivity index (χ4n) is 3.55. The number of aryl methyl sites for hydroxylation is 2. The molecule has 0 heterocycles. The number of rotatable bonds is 4. The third-order valence-electron chi connectivity index (χ3n) is 5.27. The molecule has 1 atom stereocenters. The minimum atomic E-state index is -0.124. The molecule has 2 nitrogen and oxygen atoms in total. The van der Waals surface area contributed by atoms with Crippen molar-refractivity contribution in [3.63, 3.8) is 0 Å². The first kappa shape index (κ1) is 15.5. The van der Waals surface area contributed by atoms with Gasteiger partial charge in [-0.2, -0.15) is 0 Å². The molecule has 0 aromatic heterocycles. The average Bonchev–Trinajstić information content (AvgIpc) is 2.44. The maximum atomic E-state index is 6.58. The predicted octanol–water partition coefficient (Wildman–Crippen LogP) is 3.77. The lowest BCUT2D eigenvalue weighted by Crippen LogP contribution is -2.52. The molecule has 0 bridgehead atoms. The first-order valence-electron chi connectivity index (χ1n) is 7.84. The maximum Gasteiger partial charge on any atom is 0.0832 e. The van der Waals surface area contributed by atoms with Crippen LogP contribution in [0.4, 0.5) is 0 Å². The summed E-state index contributed by atoms with van der Waals surface area (Å²) in [6, 6.07) is 6.56. The second-order valence-corrected chi connectivity index (χ2v) is 6.63. The van der Waals surface area contributed by atoms with Crippen molar-refractivity contribution in [1.29, 1.82) is 0 Å². The maximum absolute atomic E-state index is 6.58. The average molecular weight is 275 g/mol. The van der Waals surface area contributed by atoms with Crippen molar-refractivity contribution in [3.05, 3.63) is 34.9 Å². The van der Waals surface area contributed by atoms with Crippen molar-refractivity contribution < 1.29 is 4.74 Å². The molecule has 2 heteroatoms. The van der Waals surface area contributed by atoms with Gasteiger partial charge in [-0.3, -0.25) is 0 Å². The summed E-state index contributed by atoms with van der Waals surface area (Å²) < 4.78 is 5.92. The molecule has 0 radical (unpaired) electrons. The fraction of sp³-hybridized carbons (Fsp3) is 0.667. The molecule has 0 spiro atoms. The first-order valence-corrected chi connectivity index (χ1v) is 7.84. The quantitative estimate of drug-likeness (QED) is 0.908. The Morgan fingerprint density at radius 2 is 1.80 bits per heavy atom. The molecule has 112 valence electrons. The van der Waals surface area contributed by atoms with Crippen LogP contribution in [-0.4, -0.2) is 18.8 Å². The van der Waals surface area contributed by atoms with Gasteiger partial charge >= 0.3 is 0 Å². The van der Waals surface area contributed by atoms with Crippen LogP contribution in [-0.2, 0) is 11.2 Å². The van der Waals surface area contributed by atoms with Gasteiger partial charge in [-0.1, -0.05) is 25.1 Å². The van der Waals surface area contributed by atoms with Crippen LogP contribution in [0.2, 0.25) is 0 Å². The Morgan fingerprint density at radius 3 is 2.30 bits per heavy atom. The molecule has 1 aliphatic rings. The lowest BCUT2D eigenvalue weighted by molar-refractivity contribution is -0.0659. The van der Waals surface area contributed by atoms with Gasteiger partial charge in [0.15, 0.2) is 0 Å². The molecular weight excluding hydrogens is 246 g/mol. The fourth-order valence-corrected chi connectivity index (χ4v) is 3.55. The van der Waals surface area contributed by atoms with Gasteiger partial charge in [0, 0.05) is 13.2 Å². The van der Waals surface area contributed by atoms with Crippen LogP contribution < -0.4 is 5.73 Å². The van der Waals surface area contributed by atoms with Crippen LogP contribution in [0.3, 0.4) is 0 Å². The van der Waals surface area contributed by atoms with Crippen molar-refractivity contribution in [2.75, 3.05) is 7.11 Å².